The molecule has 0 spiro atoms. The Balaban J connectivity index is 1.92. The lowest BCUT2D eigenvalue weighted by molar-refractivity contribution is 0.178. The Hall–Kier alpha value is -1.06. The molecule has 0 bridgehead atoms. The molecule has 0 aromatic heterocycles. The molecule has 1 aliphatic heterocycles. The number of para-hydroxylation sites is 1. The third-order valence-corrected chi connectivity index (χ3v) is 3.26. The summed E-state index contributed by atoms with van der Waals surface area (Å²) < 4.78 is 5.08. The van der Waals surface area contributed by atoms with Crippen LogP contribution in [0.25, 0.3) is 0 Å². The number of ether oxygens (including phenoxy) is 1. The highest BCUT2D eigenvalue weighted by Gasteiger charge is 2.14. The van der Waals surface area contributed by atoms with E-state index in [4.69, 9.17) is 4.74 Å². The van der Waals surface area contributed by atoms with E-state index in [1.807, 2.05) is 0 Å². The molecule has 0 saturated carbocycles. The van der Waals surface area contributed by atoms with Crippen molar-refractivity contribution in [1.29, 1.82) is 0 Å². The predicted octanol–water partition coefficient (Wildman–Crippen LogP) is 2.12. The molecule has 0 saturated heterocycles. The Kier molecular flexibility index (Phi) is 4.40. The van der Waals surface area contributed by atoms with Crippen molar-refractivity contribution in [3.05, 3.63) is 29.3 Å². The summed E-state index contributed by atoms with van der Waals surface area (Å²) in [5.41, 5.74) is 4.25. The monoisotopic (exact) mass is 234 g/mol. The van der Waals surface area contributed by atoms with E-state index in [0.717, 1.165) is 39.1 Å². The lowest BCUT2D eigenvalue weighted by atomic mass is 10.1. The number of benzene rings is 1. The number of nitrogens with zero attached hydrogens (tertiary/aromatic N) is 1. The molecule has 0 aliphatic carbocycles. The van der Waals surface area contributed by atoms with Gasteiger partial charge in [0, 0.05) is 39.0 Å². The van der Waals surface area contributed by atoms with Crippen molar-refractivity contribution >= 4 is 5.69 Å². The lowest BCUT2D eigenvalue weighted by Gasteiger charge is -2.18. The fourth-order valence-electron chi connectivity index (χ4n) is 2.39. The van der Waals surface area contributed by atoms with Crippen LogP contribution in [0.4, 0.5) is 5.69 Å². The number of methoxy groups -OCH3 is 1. The molecule has 0 unspecified atom stereocenters. The summed E-state index contributed by atoms with van der Waals surface area (Å²) >= 11 is 0. The first kappa shape index (κ1) is 12.4. The highest BCUT2D eigenvalue weighted by Crippen LogP contribution is 2.27. The van der Waals surface area contributed by atoms with Crippen molar-refractivity contribution in [2.75, 3.05) is 39.2 Å². The van der Waals surface area contributed by atoms with Gasteiger partial charge in [0.1, 0.15) is 0 Å². The van der Waals surface area contributed by atoms with Crippen LogP contribution in [0, 0.1) is 0 Å². The summed E-state index contributed by atoms with van der Waals surface area (Å²) in [6.07, 6.45) is 2.26. The molecule has 0 amide bonds. The predicted molar refractivity (Wildman–Crippen MR) is 71.5 cm³/mol. The first-order valence-corrected chi connectivity index (χ1v) is 6.33. The van der Waals surface area contributed by atoms with Crippen LogP contribution in [-0.4, -0.2) is 38.8 Å². The average molecular weight is 234 g/mol. The smallest absolute Gasteiger partial charge is 0.0474 e. The standard InChI is InChI=1S/C14H22N2O/c1-16(9-4-10-17-2)11-13-6-3-5-12-7-8-15-14(12)13/h3,5-6,15H,4,7-11H2,1-2H3. The molecule has 1 aromatic rings. The van der Waals surface area contributed by atoms with Gasteiger partial charge in [-0.1, -0.05) is 18.2 Å². The van der Waals surface area contributed by atoms with Gasteiger partial charge in [-0.15, -0.1) is 0 Å². The molecule has 94 valence electrons. The van der Waals surface area contributed by atoms with Crippen molar-refractivity contribution in [3.63, 3.8) is 0 Å². The molecule has 0 atom stereocenters. The first-order chi connectivity index (χ1) is 8.31. The van der Waals surface area contributed by atoms with Crippen LogP contribution in [0.5, 0.6) is 0 Å². The normalized spacial score (nSPS) is 13.8. The van der Waals surface area contributed by atoms with Crippen LogP contribution in [0.2, 0.25) is 0 Å². The van der Waals surface area contributed by atoms with E-state index in [9.17, 15) is 0 Å². The second-order valence-electron chi connectivity index (χ2n) is 4.71. The Morgan fingerprint density at radius 2 is 2.29 bits per heavy atom. The fourth-order valence-corrected chi connectivity index (χ4v) is 2.39. The van der Waals surface area contributed by atoms with Gasteiger partial charge in [0.2, 0.25) is 0 Å². The first-order valence-electron chi connectivity index (χ1n) is 6.33. The number of nitrogens with one attached hydrogen (secondary N) is 1. The topological polar surface area (TPSA) is 24.5 Å². The zero-order chi connectivity index (χ0) is 12.1. The SMILES string of the molecule is COCCCN(C)Cc1cccc2c1NCC2. The second kappa shape index (κ2) is 6.03. The van der Waals surface area contributed by atoms with Gasteiger partial charge in [-0.05, 0) is 31.0 Å². The van der Waals surface area contributed by atoms with Gasteiger partial charge in [0.25, 0.3) is 0 Å². The van der Waals surface area contributed by atoms with Crippen LogP contribution < -0.4 is 5.32 Å². The van der Waals surface area contributed by atoms with E-state index in [-0.39, 0.29) is 0 Å². The Bertz CT molecular complexity index is 365. The molecule has 3 nitrogen and oxygen atoms in total. The van der Waals surface area contributed by atoms with Crippen LogP contribution in [0.3, 0.4) is 0 Å². The van der Waals surface area contributed by atoms with Crippen LogP contribution in [0.15, 0.2) is 18.2 Å². The molecular weight excluding hydrogens is 212 g/mol. The number of hydrogen-bond acceptors (Lipinski definition) is 3. The van der Waals surface area contributed by atoms with Gasteiger partial charge in [0.05, 0.1) is 0 Å². The number of hydrogen-bond donors (Lipinski definition) is 1. The van der Waals surface area contributed by atoms with Gasteiger partial charge in [0.15, 0.2) is 0 Å². The maximum atomic E-state index is 5.08. The molecule has 1 heterocycles. The van der Waals surface area contributed by atoms with Crippen LogP contribution in [-0.2, 0) is 17.7 Å². The van der Waals surface area contributed by atoms with Gasteiger partial charge in [-0.2, -0.15) is 0 Å². The largest absolute Gasteiger partial charge is 0.385 e. The quantitative estimate of drug-likeness (QED) is 0.763. The lowest BCUT2D eigenvalue weighted by Crippen LogP contribution is -2.20. The number of rotatable bonds is 6. The summed E-state index contributed by atoms with van der Waals surface area (Å²) in [6.45, 7) is 4.02. The molecule has 2 rings (SSSR count). The van der Waals surface area contributed by atoms with E-state index in [1.165, 1.54) is 16.8 Å². The summed E-state index contributed by atoms with van der Waals surface area (Å²) in [5.74, 6) is 0. The van der Waals surface area contributed by atoms with Crippen molar-refractivity contribution < 1.29 is 4.74 Å². The molecule has 1 N–H and O–H groups in total. The third-order valence-electron chi connectivity index (χ3n) is 3.26. The van der Waals surface area contributed by atoms with E-state index in [0.29, 0.717) is 0 Å². The average Bonchev–Trinajstić information content (AvgIpc) is 2.78. The molecule has 1 aliphatic rings. The highest BCUT2D eigenvalue weighted by atomic mass is 16.5. The molecule has 0 radical (unpaired) electrons. The molecular formula is C14H22N2O. The Morgan fingerprint density at radius 1 is 1.41 bits per heavy atom. The van der Waals surface area contributed by atoms with E-state index < -0.39 is 0 Å². The van der Waals surface area contributed by atoms with Crippen molar-refractivity contribution in [2.24, 2.45) is 0 Å². The minimum absolute atomic E-state index is 0.843. The van der Waals surface area contributed by atoms with E-state index in [2.05, 4.69) is 35.5 Å². The summed E-state index contributed by atoms with van der Waals surface area (Å²) in [4.78, 5) is 2.36. The van der Waals surface area contributed by atoms with E-state index in [1.54, 1.807) is 7.11 Å². The molecule has 1 aromatic carbocycles. The van der Waals surface area contributed by atoms with Crippen LogP contribution >= 0.6 is 0 Å². The zero-order valence-electron chi connectivity index (χ0n) is 10.8. The highest BCUT2D eigenvalue weighted by molar-refractivity contribution is 5.61. The molecule has 17 heavy (non-hydrogen) atoms. The van der Waals surface area contributed by atoms with Crippen molar-refractivity contribution in [3.8, 4) is 0 Å². The summed E-state index contributed by atoms with van der Waals surface area (Å²) in [6, 6.07) is 6.62. The Morgan fingerprint density at radius 3 is 3.12 bits per heavy atom. The molecule has 3 heteroatoms. The summed E-state index contributed by atoms with van der Waals surface area (Å²) in [5, 5.41) is 3.49. The van der Waals surface area contributed by atoms with Gasteiger partial charge in [-0.25, -0.2) is 0 Å². The zero-order valence-corrected chi connectivity index (χ0v) is 10.8. The van der Waals surface area contributed by atoms with E-state index >= 15 is 0 Å². The van der Waals surface area contributed by atoms with Gasteiger partial charge >= 0.3 is 0 Å². The van der Waals surface area contributed by atoms with Gasteiger partial charge in [-0.3, -0.25) is 0 Å². The maximum Gasteiger partial charge on any atom is 0.0474 e. The minimum Gasteiger partial charge on any atom is -0.385 e. The van der Waals surface area contributed by atoms with Crippen molar-refractivity contribution in [2.45, 2.75) is 19.4 Å². The van der Waals surface area contributed by atoms with Crippen molar-refractivity contribution in [1.82, 2.24) is 4.90 Å². The Labute approximate surface area is 104 Å². The third kappa shape index (κ3) is 3.20. The number of fused-ring (bicyclic) bond motifs is 1. The number of anilines is 1. The second-order valence-corrected chi connectivity index (χ2v) is 4.71. The molecule has 0 fully saturated rings. The van der Waals surface area contributed by atoms with Crippen LogP contribution in [0.1, 0.15) is 17.5 Å². The summed E-state index contributed by atoms with van der Waals surface area (Å²) in [7, 11) is 3.93. The van der Waals surface area contributed by atoms with Gasteiger partial charge < -0.3 is 15.0 Å². The maximum absolute atomic E-state index is 5.08. The fraction of sp³-hybridized carbons (Fsp3) is 0.571. The minimum atomic E-state index is 0.843.